The van der Waals surface area contributed by atoms with E-state index in [2.05, 4.69) is 30.1 Å². The topological polar surface area (TPSA) is 79.5 Å². The van der Waals surface area contributed by atoms with Crippen LogP contribution in [0, 0.1) is 0 Å². The first-order valence-electron chi connectivity index (χ1n) is 10.9. The molecule has 0 spiro atoms. The SMILES string of the molecule is CC(c1ccccc1)c1cncc(C(=O)N2CCC(c3cc(O)cc(CN)c3)CC2)c1. The van der Waals surface area contributed by atoms with Crippen LogP contribution in [0.25, 0.3) is 0 Å². The number of hydrogen-bond acceptors (Lipinski definition) is 4. The van der Waals surface area contributed by atoms with E-state index in [0.29, 0.717) is 31.1 Å². The lowest BCUT2D eigenvalue weighted by atomic mass is 9.88. The molecule has 0 radical (unpaired) electrons. The number of hydrogen-bond donors (Lipinski definition) is 2. The highest BCUT2D eigenvalue weighted by Gasteiger charge is 2.25. The number of carbonyl (C=O) groups excluding carboxylic acids is 1. The maximum atomic E-state index is 13.1. The third-order valence-electron chi connectivity index (χ3n) is 6.30. The number of nitrogens with two attached hydrogens (primary N) is 1. The number of aromatic hydroxyl groups is 1. The molecule has 1 aliphatic rings. The number of rotatable bonds is 5. The van der Waals surface area contributed by atoms with E-state index in [0.717, 1.165) is 29.5 Å². The summed E-state index contributed by atoms with van der Waals surface area (Å²) < 4.78 is 0. The van der Waals surface area contributed by atoms with Crippen LogP contribution in [0.4, 0.5) is 0 Å². The van der Waals surface area contributed by atoms with Gasteiger partial charge in [0.05, 0.1) is 5.56 Å². The molecule has 1 unspecified atom stereocenters. The third-order valence-corrected chi connectivity index (χ3v) is 6.30. The Bertz CT molecular complexity index is 1040. The summed E-state index contributed by atoms with van der Waals surface area (Å²) in [6.07, 6.45) is 5.25. The van der Waals surface area contributed by atoms with Gasteiger partial charge in [-0.1, -0.05) is 43.3 Å². The van der Waals surface area contributed by atoms with Crippen molar-refractivity contribution in [2.45, 2.75) is 38.1 Å². The minimum absolute atomic E-state index is 0.0339. The first-order chi connectivity index (χ1) is 15.0. The third kappa shape index (κ3) is 4.78. The largest absolute Gasteiger partial charge is 0.508 e. The molecule has 1 aromatic heterocycles. The maximum absolute atomic E-state index is 13.1. The minimum atomic E-state index is 0.0339. The lowest BCUT2D eigenvalue weighted by molar-refractivity contribution is 0.0712. The number of phenolic OH excluding ortho intramolecular Hbond substituents is 1. The molecule has 1 saturated heterocycles. The molecule has 160 valence electrons. The summed E-state index contributed by atoms with van der Waals surface area (Å²) in [4.78, 5) is 19.4. The lowest BCUT2D eigenvalue weighted by Gasteiger charge is -2.32. The predicted octanol–water partition coefficient (Wildman–Crippen LogP) is 4.42. The fourth-order valence-corrected chi connectivity index (χ4v) is 4.40. The van der Waals surface area contributed by atoms with Gasteiger partial charge in [-0.2, -0.15) is 0 Å². The number of nitrogens with zero attached hydrogens (tertiary/aromatic N) is 2. The van der Waals surface area contributed by atoms with Gasteiger partial charge >= 0.3 is 0 Å². The minimum Gasteiger partial charge on any atom is -0.508 e. The van der Waals surface area contributed by atoms with E-state index in [9.17, 15) is 9.90 Å². The van der Waals surface area contributed by atoms with Crippen LogP contribution >= 0.6 is 0 Å². The van der Waals surface area contributed by atoms with E-state index in [1.807, 2.05) is 41.4 Å². The molecule has 1 atom stereocenters. The Balaban J connectivity index is 1.44. The average molecular weight is 416 g/mol. The number of benzene rings is 2. The molecule has 1 aliphatic heterocycles. The Labute approximate surface area is 183 Å². The molecule has 5 heteroatoms. The van der Waals surface area contributed by atoms with Crippen molar-refractivity contribution in [3.63, 3.8) is 0 Å². The Kier molecular flexibility index (Phi) is 6.33. The molecule has 5 nitrogen and oxygen atoms in total. The zero-order valence-electron chi connectivity index (χ0n) is 17.9. The molecule has 3 aromatic rings. The van der Waals surface area contributed by atoms with Crippen molar-refractivity contribution in [2.75, 3.05) is 13.1 Å². The Hall–Kier alpha value is -3.18. The van der Waals surface area contributed by atoms with Crippen molar-refractivity contribution in [1.29, 1.82) is 0 Å². The molecule has 0 bridgehead atoms. The molecule has 0 aliphatic carbocycles. The summed E-state index contributed by atoms with van der Waals surface area (Å²) in [6.45, 7) is 3.92. The fraction of sp³-hybridized carbons (Fsp3) is 0.308. The van der Waals surface area contributed by atoms with Crippen LogP contribution in [-0.2, 0) is 6.54 Å². The molecular formula is C26H29N3O2. The normalized spacial score (nSPS) is 15.6. The van der Waals surface area contributed by atoms with Crippen molar-refractivity contribution in [3.8, 4) is 5.75 Å². The van der Waals surface area contributed by atoms with Gasteiger partial charge in [0.2, 0.25) is 0 Å². The van der Waals surface area contributed by atoms with Crippen molar-refractivity contribution in [3.05, 3.63) is 94.8 Å². The quantitative estimate of drug-likeness (QED) is 0.647. The second-order valence-electron chi connectivity index (χ2n) is 8.34. The summed E-state index contributed by atoms with van der Waals surface area (Å²) in [5.74, 6) is 0.789. The van der Waals surface area contributed by atoms with Crippen molar-refractivity contribution >= 4 is 5.91 Å². The second-order valence-corrected chi connectivity index (χ2v) is 8.34. The van der Waals surface area contributed by atoms with Crippen LogP contribution in [0.3, 0.4) is 0 Å². The van der Waals surface area contributed by atoms with Crippen LogP contribution < -0.4 is 5.73 Å². The molecule has 3 N–H and O–H groups in total. The van der Waals surface area contributed by atoms with Gasteiger partial charge in [0.25, 0.3) is 5.91 Å². The van der Waals surface area contributed by atoms with Crippen LogP contribution in [-0.4, -0.2) is 34.0 Å². The van der Waals surface area contributed by atoms with E-state index in [1.165, 1.54) is 5.56 Å². The first kappa shape index (κ1) is 21.1. The summed E-state index contributed by atoms with van der Waals surface area (Å²) >= 11 is 0. The highest BCUT2D eigenvalue weighted by atomic mass is 16.3. The highest BCUT2D eigenvalue weighted by Crippen LogP contribution is 2.32. The van der Waals surface area contributed by atoms with Gasteiger partial charge in [-0.25, -0.2) is 0 Å². The molecule has 31 heavy (non-hydrogen) atoms. The number of likely N-dealkylation sites (tertiary alicyclic amines) is 1. The van der Waals surface area contributed by atoms with Gasteiger partial charge in [-0.15, -0.1) is 0 Å². The zero-order valence-corrected chi connectivity index (χ0v) is 17.9. The fourth-order valence-electron chi connectivity index (χ4n) is 4.40. The van der Waals surface area contributed by atoms with E-state index in [4.69, 9.17) is 5.73 Å². The second kappa shape index (κ2) is 9.31. The van der Waals surface area contributed by atoms with Gasteiger partial charge in [0.15, 0.2) is 0 Å². The van der Waals surface area contributed by atoms with Crippen molar-refractivity contribution in [1.82, 2.24) is 9.88 Å². The van der Waals surface area contributed by atoms with Gasteiger partial charge in [0, 0.05) is 37.9 Å². The summed E-state index contributed by atoms with van der Waals surface area (Å²) in [5.41, 5.74) is 10.7. The zero-order chi connectivity index (χ0) is 21.8. The Morgan fingerprint density at radius 3 is 2.55 bits per heavy atom. The van der Waals surface area contributed by atoms with Gasteiger partial charge in [-0.3, -0.25) is 9.78 Å². The maximum Gasteiger partial charge on any atom is 0.255 e. The Morgan fingerprint density at radius 2 is 1.84 bits per heavy atom. The molecule has 2 aromatic carbocycles. The highest BCUT2D eigenvalue weighted by molar-refractivity contribution is 5.94. The van der Waals surface area contributed by atoms with E-state index in [1.54, 1.807) is 12.3 Å². The van der Waals surface area contributed by atoms with Crippen LogP contribution in [0.1, 0.15) is 64.2 Å². The van der Waals surface area contributed by atoms with Gasteiger partial charge in [-0.05, 0) is 59.2 Å². The molecule has 1 fully saturated rings. The Morgan fingerprint density at radius 1 is 1.10 bits per heavy atom. The van der Waals surface area contributed by atoms with Gasteiger partial charge in [0.1, 0.15) is 5.75 Å². The summed E-state index contributed by atoms with van der Waals surface area (Å²) in [7, 11) is 0. The summed E-state index contributed by atoms with van der Waals surface area (Å²) in [5, 5.41) is 9.97. The van der Waals surface area contributed by atoms with E-state index in [-0.39, 0.29) is 17.6 Å². The molecule has 4 rings (SSSR count). The number of aromatic nitrogens is 1. The number of pyridine rings is 1. The average Bonchev–Trinajstić information content (AvgIpc) is 2.83. The summed E-state index contributed by atoms with van der Waals surface area (Å²) in [6, 6.07) is 17.8. The molecule has 2 heterocycles. The molecule has 0 saturated carbocycles. The van der Waals surface area contributed by atoms with E-state index >= 15 is 0 Å². The van der Waals surface area contributed by atoms with Crippen LogP contribution in [0.15, 0.2) is 67.0 Å². The van der Waals surface area contributed by atoms with Crippen molar-refractivity contribution < 1.29 is 9.90 Å². The van der Waals surface area contributed by atoms with Gasteiger partial charge < -0.3 is 15.7 Å². The van der Waals surface area contributed by atoms with Crippen LogP contribution in [0.2, 0.25) is 0 Å². The first-order valence-corrected chi connectivity index (χ1v) is 10.9. The number of carbonyl (C=O) groups is 1. The number of phenols is 1. The van der Waals surface area contributed by atoms with E-state index < -0.39 is 0 Å². The number of piperidine rings is 1. The number of amides is 1. The lowest BCUT2D eigenvalue weighted by Crippen LogP contribution is -2.38. The van der Waals surface area contributed by atoms with Crippen molar-refractivity contribution in [2.24, 2.45) is 5.73 Å². The molecule has 1 amide bonds. The van der Waals surface area contributed by atoms with Crippen LogP contribution in [0.5, 0.6) is 5.75 Å². The standard InChI is InChI=1S/C26H29N3O2/c1-18(20-5-3-2-4-6-20)23-13-24(17-28-16-23)26(31)29-9-7-21(8-10-29)22-11-19(15-27)12-25(30)14-22/h2-6,11-14,16-18,21,30H,7-10,15,27H2,1H3. The predicted molar refractivity (Wildman–Crippen MR) is 122 cm³/mol. The smallest absolute Gasteiger partial charge is 0.255 e. The molecular weight excluding hydrogens is 386 g/mol. The monoisotopic (exact) mass is 415 g/mol.